The van der Waals surface area contributed by atoms with Crippen LogP contribution >= 0.6 is 23.4 Å². The summed E-state index contributed by atoms with van der Waals surface area (Å²) in [6.07, 6.45) is 4.51. The van der Waals surface area contributed by atoms with Gasteiger partial charge in [0.05, 0.1) is 11.3 Å². The van der Waals surface area contributed by atoms with Gasteiger partial charge < -0.3 is 0 Å². The number of rotatable bonds is 3. The van der Waals surface area contributed by atoms with Gasteiger partial charge in [0, 0.05) is 18.1 Å². The number of hydrogen-bond acceptors (Lipinski definition) is 4. The summed E-state index contributed by atoms with van der Waals surface area (Å²) >= 11 is 7.46. The lowest BCUT2D eigenvalue weighted by Crippen LogP contribution is -2.26. The fourth-order valence-corrected chi connectivity index (χ4v) is 2.39. The van der Waals surface area contributed by atoms with Crippen LogP contribution in [0.3, 0.4) is 0 Å². The van der Waals surface area contributed by atoms with Crippen molar-refractivity contribution < 1.29 is 8.42 Å². The van der Waals surface area contributed by atoms with Crippen molar-refractivity contribution in [2.75, 3.05) is 23.9 Å². The maximum Gasteiger partial charge on any atom is 0.233 e. The summed E-state index contributed by atoms with van der Waals surface area (Å²) in [5.41, 5.74) is 0. The third kappa shape index (κ3) is 2.76. The van der Waals surface area contributed by atoms with E-state index < -0.39 is 10.0 Å². The summed E-state index contributed by atoms with van der Waals surface area (Å²) in [5, 5.41) is 0.359. The van der Waals surface area contributed by atoms with E-state index in [9.17, 15) is 8.42 Å². The van der Waals surface area contributed by atoms with Crippen LogP contribution in [-0.2, 0) is 10.0 Å². The van der Waals surface area contributed by atoms with Gasteiger partial charge in [-0.2, -0.15) is 0 Å². The molecule has 1 heterocycles. The van der Waals surface area contributed by atoms with E-state index in [1.807, 2.05) is 6.26 Å². The van der Waals surface area contributed by atoms with Crippen LogP contribution in [0.15, 0.2) is 17.2 Å². The molecule has 0 bridgehead atoms. The zero-order valence-electron chi connectivity index (χ0n) is 8.56. The zero-order valence-corrected chi connectivity index (χ0v) is 10.9. The molecular weight excluding hydrogens is 256 g/mol. The van der Waals surface area contributed by atoms with Crippen molar-refractivity contribution in [2.45, 2.75) is 4.90 Å². The van der Waals surface area contributed by atoms with Crippen molar-refractivity contribution in [3.05, 3.63) is 17.3 Å². The summed E-state index contributed by atoms with van der Waals surface area (Å²) in [6, 6.07) is 1.74. The second-order valence-electron chi connectivity index (χ2n) is 2.88. The Balaban J connectivity index is 3.27. The first kappa shape index (κ1) is 12.6. The van der Waals surface area contributed by atoms with Crippen LogP contribution in [0.25, 0.3) is 0 Å². The average molecular weight is 267 g/mol. The Kier molecular flexibility index (Phi) is 3.86. The van der Waals surface area contributed by atoms with E-state index in [-0.39, 0.29) is 5.82 Å². The van der Waals surface area contributed by atoms with E-state index in [0.29, 0.717) is 5.02 Å². The minimum absolute atomic E-state index is 0.256. The molecule has 0 saturated heterocycles. The molecule has 0 radical (unpaired) electrons. The molecule has 0 amide bonds. The highest BCUT2D eigenvalue weighted by Crippen LogP contribution is 2.32. The highest BCUT2D eigenvalue weighted by Gasteiger charge is 2.18. The van der Waals surface area contributed by atoms with Gasteiger partial charge >= 0.3 is 0 Å². The van der Waals surface area contributed by atoms with Crippen molar-refractivity contribution in [3.63, 3.8) is 0 Å². The lowest BCUT2D eigenvalue weighted by Gasteiger charge is -2.17. The second-order valence-corrected chi connectivity index (χ2v) is 6.12. The van der Waals surface area contributed by atoms with Crippen LogP contribution in [-0.4, -0.2) is 33.0 Å². The summed E-state index contributed by atoms with van der Waals surface area (Å²) in [6.45, 7) is 0. The van der Waals surface area contributed by atoms with Crippen LogP contribution in [0.2, 0.25) is 5.02 Å². The van der Waals surface area contributed by atoms with Gasteiger partial charge in [0.2, 0.25) is 10.0 Å². The van der Waals surface area contributed by atoms with E-state index in [1.54, 1.807) is 6.07 Å². The van der Waals surface area contributed by atoms with E-state index in [2.05, 4.69) is 4.98 Å². The largest absolute Gasteiger partial charge is 0.256 e. The number of aromatic nitrogens is 1. The summed E-state index contributed by atoms with van der Waals surface area (Å²) in [5.74, 6) is 0.256. The quantitative estimate of drug-likeness (QED) is 0.784. The number of sulfonamides is 1. The molecule has 0 unspecified atom stereocenters. The number of halogens is 1. The van der Waals surface area contributed by atoms with Gasteiger partial charge in [-0.3, -0.25) is 4.31 Å². The van der Waals surface area contributed by atoms with Gasteiger partial charge in [0.15, 0.2) is 5.82 Å². The van der Waals surface area contributed by atoms with Gasteiger partial charge in [0.1, 0.15) is 0 Å². The average Bonchev–Trinajstić information content (AvgIpc) is 2.16. The minimum atomic E-state index is -3.33. The normalized spacial score (nSPS) is 11.5. The molecule has 0 saturated carbocycles. The Bertz CT molecular complexity index is 462. The maximum atomic E-state index is 11.3. The van der Waals surface area contributed by atoms with E-state index in [1.165, 1.54) is 25.0 Å². The van der Waals surface area contributed by atoms with Gasteiger partial charge in [-0.25, -0.2) is 13.4 Å². The van der Waals surface area contributed by atoms with Crippen molar-refractivity contribution in [1.82, 2.24) is 4.98 Å². The molecule has 84 valence electrons. The Morgan fingerprint density at radius 3 is 2.60 bits per heavy atom. The highest BCUT2D eigenvalue weighted by atomic mass is 35.5. The first-order valence-electron chi connectivity index (χ1n) is 4.00. The molecule has 0 aromatic carbocycles. The van der Waals surface area contributed by atoms with Crippen molar-refractivity contribution in [3.8, 4) is 0 Å². The number of nitrogens with zero attached hydrogens (tertiary/aromatic N) is 2. The topological polar surface area (TPSA) is 50.3 Å². The fourth-order valence-electron chi connectivity index (χ4n) is 0.950. The molecule has 1 aromatic heterocycles. The molecule has 4 nitrogen and oxygen atoms in total. The molecule has 0 aliphatic rings. The molecule has 0 N–H and O–H groups in total. The van der Waals surface area contributed by atoms with Crippen LogP contribution < -0.4 is 4.31 Å². The highest BCUT2D eigenvalue weighted by molar-refractivity contribution is 7.98. The van der Waals surface area contributed by atoms with Gasteiger partial charge in [-0.1, -0.05) is 11.6 Å². The SMILES string of the molecule is CSc1ccnc(N(C)S(C)(=O)=O)c1Cl. The molecule has 1 aromatic rings. The van der Waals surface area contributed by atoms with Crippen LogP contribution in [0.5, 0.6) is 0 Å². The Hall–Kier alpha value is -0.460. The summed E-state index contributed by atoms with van der Waals surface area (Å²) < 4.78 is 23.7. The van der Waals surface area contributed by atoms with E-state index in [0.717, 1.165) is 15.5 Å². The third-order valence-electron chi connectivity index (χ3n) is 1.85. The fraction of sp³-hybridized carbons (Fsp3) is 0.375. The zero-order chi connectivity index (χ0) is 11.6. The molecule has 0 aliphatic carbocycles. The number of thioether (sulfide) groups is 1. The first-order chi connectivity index (χ1) is 6.88. The van der Waals surface area contributed by atoms with Gasteiger partial charge in [-0.05, 0) is 12.3 Å². The molecule has 7 heteroatoms. The van der Waals surface area contributed by atoms with Gasteiger partial charge in [-0.15, -0.1) is 11.8 Å². The molecule has 0 aliphatic heterocycles. The smallest absolute Gasteiger partial charge is 0.233 e. The minimum Gasteiger partial charge on any atom is -0.256 e. The lowest BCUT2D eigenvalue weighted by atomic mass is 10.4. The molecule has 1 rings (SSSR count). The Morgan fingerprint density at radius 2 is 2.13 bits per heavy atom. The van der Waals surface area contributed by atoms with E-state index in [4.69, 9.17) is 11.6 Å². The number of hydrogen-bond donors (Lipinski definition) is 0. The third-order valence-corrected chi connectivity index (χ3v) is 4.28. The predicted octanol–water partition coefficient (Wildman–Crippen LogP) is 1.85. The molecule has 0 spiro atoms. The second kappa shape index (κ2) is 4.59. The Morgan fingerprint density at radius 1 is 1.53 bits per heavy atom. The monoisotopic (exact) mass is 266 g/mol. The standard InChI is InChI=1S/C8H11ClN2O2S2/c1-11(15(3,12)13)8-7(9)6(14-2)4-5-10-8/h4-5H,1-3H3. The summed E-state index contributed by atoms with van der Waals surface area (Å²) in [7, 11) is -1.90. The lowest BCUT2D eigenvalue weighted by molar-refractivity contribution is 0.600. The summed E-state index contributed by atoms with van der Waals surface area (Å²) in [4.78, 5) is 4.76. The van der Waals surface area contributed by atoms with Crippen LogP contribution in [0.4, 0.5) is 5.82 Å². The molecular formula is C8H11ClN2O2S2. The van der Waals surface area contributed by atoms with Crippen molar-refractivity contribution in [1.29, 1.82) is 0 Å². The number of anilines is 1. The molecule has 0 fully saturated rings. The van der Waals surface area contributed by atoms with Gasteiger partial charge in [0.25, 0.3) is 0 Å². The predicted molar refractivity (Wildman–Crippen MR) is 64.3 cm³/mol. The maximum absolute atomic E-state index is 11.3. The van der Waals surface area contributed by atoms with Crippen LogP contribution in [0, 0.1) is 0 Å². The Labute approximate surface area is 98.7 Å². The van der Waals surface area contributed by atoms with E-state index >= 15 is 0 Å². The first-order valence-corrected chi connectivity index (χ1v) is 7.45. The van der Waals surface area contributed by atoms with Crippen molar-refractivity contribution in [2.24, 2.45) is 0 Å². The van der Waals surface area contributed by atoms with Crippen LogP contribution in [0.1, 0.15) is 0 Å². The molecule has 15 heavy (non-hydrogen) atoms. The number of pyridine rings is 1. The van der Waals surface area contributed by atoms with Crippen molar-refractivity contribution >= 4 is 39.2 Å². The molecule has 0 atom stereocenters.